The molecule has 0 fully saturated rings. The van der Waals surface area contributed by atoms with Crippen LogP contribution in [-0.2, 0) is 15.7 Å². The maximum Gasteiger partial charge on any atom is 0.416 e. The monoisotopic (exact) mass is 478 g/mol. The van der Waals surface area contributed by atoms with Crippen molar-refractivity contribution < 1.29 is 27.5 Å². The van der Waals surface area contributed by atoms with Crippen molar-refractivity contribution in [1.29, 1.82) is 0 Å². The highest BCUT2D eigenvalue weighted by Crippen LogP contribution is 2.31. The van der Waals surface area contributed by atoms with Gasteiger partial charge in [0.2, 0.25) is 0 Å². The molecule has 5 nitrogen and oxygen atoms in total. The lowest BCUT2D eigenvalue weighted by Gasteiger charge is -2.14. The van der Waals surface area contributed by atoms with E-state index in [4.69, 9.17) is 9.72 Å². The maximum absolute atomic E-state index is 13.1. The number of pyridine rings is 1. The van der Waals surface area contributed by atoms with Crippen LogP contribution in [-0.4, -0.2) is 23.5 Å². The molecule has 0 radical (unpaired) electrons. The third kappa shape index (κ3) is 5.32. The number of hydrogen-bond donors (Lipinski definition) is 1. The summed E-state index contributed by atoms with van der Waals surface area (Å²) in [7, 11) is 0. The number of amides is 1. The number of ether oxygens (including phenoxy) is 1. The molecule has 8 heteroatoms. The zero-order chi connectivity index (χ0) is 25.2. The Balaban J connectivity index is 1.57. The molecule has 1 aromatic heterocycles. The van der Waals surface area contributed by atoms with Gasteiger partial charge >= 0.3 is 12.1 Å². The average Bonchev–Trinajstić information content (AvgIpc) is 2.82. The van der Waals surface area contributed by atoms with Gasteiger partial charge in [0.25, 0.3) is 5.91 Å². The molecule has 4 rings (SSSR count). The van der Waals surface area contributed by atoms with Crippen molar-refractivity contribution in [3.8, 4) is 11.3 Å². The van der Waals surface area contributed by atoms with Crippen LogP contribution in [0.15, 0.2) is 72.8 Å². The normalized spacial score (nSPS) is 11.3. The Morgan fingerprint density at radius 1 is 0.943 bits per heavy atom. The molecule has 0 spiro atoms. The van der Waals surface area contributed by atoms with E-state index in [0.717, 1.165) is 23.3 Å². The number of rotatable bonds is 5. The number of nitrogens with one attached hydrogen (secondary N) is 1. The van der Waals surface area contributed by atoms with Crippen LogP contribution >= 0.6 is 0 Å². The van der Waals surface area contributed by atoms with Crippen LogP contribution in [0.4, 0.5) is 18.9 Å². The first-order valence-electron chi connectivity index (χ1n) is 10.7. The quantitative estimate of drug-likeness (QED) is 0.340. The molecule has 0 saturated carbocycles. The summed E-state index contributed by atoms with van der Waals surface area (Å²) < 4.78 is 44.0. The van der Waals surface area contributed by atoms with Crippen molar-refractivity contribution in [2.24, 2.45) is 0 Å². The van der Waals surface area contributed by atoms with E-state index in [2.05, 4.69) is 5.32 Å². The molecular weight excluding hydrogens is 457 g/mol. The Kier molecular flexibility index (Phi) is 6.55. The molecule has 178 valence electrons. The third-order valence-corrected chi connectivity index (χ3v) is 5.47. The van der Waals surface area contributed by atoms with Gasteiger partial charge in [-0.3, -0.25) is 4.79 Å². The van der Waals surface area contributed by atoms with Gasteiger partial charge in [-0.1, -0.05) is 54.1 Å². The first kappa shape index (κ1) is 23.9. The van der Waals surface area contributed by atoms with E-state index in [0.29, 0.717) is 22.2 Å². The van der Waals surface area contributed by atoms with Crippen LogP contribution in [0.3, 0.4) is 0 Å². The number of esters is 1. The predicted molar refractivity (Wildman–Crippen MR) is 127 cm³/mol. The van der Waals surface area contributed by atoms with Gasteiger partial charge in [-0.05, 0) is 43.7 Å². The van der Waals surface area contributed by atoms with Gasteiger partial charge in [-0.25, -0.2) is 9.78 Å². The zero-order valence-corrected chi connectivity index (χ0v) is 18.9. The number of anilines is 1. The van der Waals surface area contributed by atoms with Crippen molar-refractivity contribution in [2.75, 3.05) is 11.9 Å². The lowest BCUT2D eigenvalue weighted by molar-refractivity contribution is -0.137. The molecule has 0 aliphatic heterocycles. The summed E-state index contributed by atoms with van der Waals surface area (Å²) >= 11 is 0. The number of hydrogen-bond acceptors (Lipinski definition) is 4. The van der Waals surface area contributed by atoms with E-state index in [1.165, 1.54) is 12.1 Å². The lowest BCUT2D eigenvalue weighted by atomic mass is 9.97. The molecule has 35 heavy (non-hydrogen) atoms. The first-order chi connectivity index (χ1) is 16.6. The number of fused-ring (bicyclic) bond motifs is 1. The number of nitrogens with zero attached hydrogens (tertiary/aromatic N) is 1. The molecule has 0 atom stereocenters. The van der Waals surface area contributed by atoms with Crippen LogP contribution in [0.1, 0.15) is 27.0 Å². The summed E-state index contributed by atoms with van der Waals surface area (Å²) in [6.07, 6.45) is -4.54. The fourth-order valence-corrected chi connectivity index (χ4v) is 3.74. The Labute approximate surface area is 199 Å². The lowest BCUT2D eigenvalue weighted by Crippen LogP contribution is -2.22. The number of carbonyl (C=O) groups excluding carboxylic acids is 2. The summed E-state index contributed by atoms with van der Waals surface area (Å²) in [5.41, 5.74) is 3.05. The highest BCUT2D eigenvalue weighted by molar-refractivity contribution is 6.07. The summed E-state index contributed by atoms with van der Waals surface area (Å²) in [5, 5.41) is 2.90. The Morgan fingerprint density at radius 2 is 1.66 bits per heavy atom. The molecular formula is C27H21F3N2O3. The molecule has 1 N–H and O–H groups in total. The Morgan fingerprint density at radius 3 is 2.37 bits per heavy atom. The number of aryl methyl sites for hydroxylation is 1. The zero-order valence-electron chi connectivity index (χ0n) is 18.9. The van der Waals surface area contributed by atoms with Gasteiger partial charge in [0.1, 0.15) is 0 Å². The van der Waals surface area contributed by atoms with Gasteiger partial charge in [0.15, 0.2) is 6.61 Å². The van der Waals surface area contributed by atoms with Gasteiger partial charge in [-0.15, -0.1) is 0 Å². The fraction of sp³-hybridized carbons (Fsp3) is 0.148. The minimum absolute atomic E-state index is 0.0481. The van der Waals surface area contributed by atoms with E-state index in [-0.39, 0.29) is 11.3 Å². The van der Waals surface area contributed by atoms with Gasteiger partial charge in [0.05, 0.1) is 22.3 Å². The van der Waals surface area contributed by atoms with Crippen LogP contribution in [0.2, 0.25) is 0 Å². The molecule has 4 aromatic rings. The second kappa shape index (κ2) is 9.58. The smallest absolute Gasteiger partial charge is 0.416 e. The molecule has 0 bridgehead atoms. The largest absolute Gasteiger partial charge is 0.452 e. The number of halogens is 3. The second-order valence-electron chi connectivity index (χ2n) is 8.05. The van der Waals surface area contributed by atoms with Gasteiger partial charge in [-0.2, -0.15) is 13.2 Å². The highest BCUT2D eigenvalue weighted by Gasteiger charge is 2.30. The minimum atomic E-state index is -4.54. The second-order valence-corrected chi connectivity index (χ2v) is 8.05. The topological polar surface area (TPSA) is 68.3 Å². The van der Waals surface area contributed by atoms with Crippen LogP contribution in [0.25, 0.3) is 22.2 Å². The molecule has 0 saturated heterocycles. The third-order valence-electron chi connectivity index (χ3n) is 5.47. The SMILES string of the molecule is Cc1ccc(-c2nc3ccccc3c(C(=O)OCC(=O)Nc3cccc(C(F)(F)F)c3)c2C)cc1. The number of benzene rings is 3. The summed E-state index contributed by atoms with van der Waals surface area (Å²) in [6, 6.07) is 19.0. The molecule has 0 aliphatic carbocycles. The van der Waals surface area contributed by atoms with Crippen LogP contribution < -0.4 is 5.32 Å². The highest BCUT2D eigenvalue weighted by atomic mass is 19.4. The molecule has 0 unspecified atom stereocenters. The summed E-state index contributed by atoms with van der Waals surface area (Å²) in [4.78, 5) is 30.1. The van der Waals surface area contributed by atoms with E-state index >= 15 is 0 Å². The summed E-state index contributed by atoms with van der Waals surface area (Å²) in [5.74, 6) is -1.49. The average molecular weight is 478 g/mol. The van der Waals surface area contributed by atoms with Crippen molar-refractivity contribution >= 4 is 28.5 Å². The van der Waals surface area contributed by atoms with Crippen LogP contribution in [0.5, 0.6) is 0 Å². The molecule has 1 heterocycles. The van der Waals surface area contributed by atoms with Gasteiger partial charge in [0, 0.05) is 16.6 Å². The number of para-hydroxylation sites is 1. The maximum atomic E-state index is 13.1. The van der Waals surface area contributed by atoms with E-state index in [9.17, 15) is 22.8 Å². The van der Waals surface area contributed by atoms with Crippen molar-refractivity contribution in [1.82, 2.24) is 4.98 Å². The van der Waals surface area contributed by atoms with Crippen molar-refractivity contribution in [3.63, 3.8) is 0 Å². The van der Waals surface area contributed by atoms with Gasteiger partial charge < -0.3 is 10.1 Å². The molecule has 0 aliphatic rings. The van der Waals surface area contributed by atoms with E-state index < -0.39 is 30.2 Å². The van der Waals surface area contributed by atoms with E-state index in [1.54, 1.807) is 31.2 Å². The summed E-state index contributed by atoms with van der Waals surface area (Å²) in [6.45, 7) is 3.07. The first-order valence-corrected chi connectivity index (χ1v) is 10.7. The van der Waals surface area contributed by atoms with Crippen molar-refractivity contribution in [3.05, 3.63) is 95.1 Å². The van der Waals surface area contributed by atoms with Crippen LogP contribution in [0, 0.1) is 13.8 Å². The molecule has 1 amide bonds. The predicted octanol–water partition coefficient (Wildman–Crippen LogP) is 6.33. The Bertz CT molecular complexity index is 1410. The Hall–Kier alpha value is -4.20. The number of alkyl halides is 3. The number of aromatic nitrogens is 1. The standard InChI is InChI=1S/C27H21F3N2O3/c1-16-10-12-18(13-11-16)25-17(2)24(21-8-3-4-9-22(21)32-25)26(34)35-15-23(33)31-20-7-5-6-19(14-20)27(28,29)30/h3-14H,15H2,1-2H3,(H,31,33). The molecule has 3 aromatic carbocycles. The number of carbonyl (C=O) groups is 2. The van der Waals surface area contributed by atoms with E-state index in [1.807, 2.05) is 31.2 Å². The minimum Gasteiger partial charge on any atom is -0.452 e. The van der Waals surface area contributed by atoms with Crippen molar-refractivity contribution in [2.45, 2.75) is 20.0 Å². The fourth-order valence-electron chi connectivity index (χ4n) is 3.74.